The van der Waals surface area contributed by atoms with Gasteiger partial charge in [0.1, 0.15) is 6.33 Å². The topological polar surface area (TPSA) is 59.8 Å². The number of carbonyl (C=O) groups is 1. The number of thioether (sulfide) groups is 1. The van der Waals surface area contributed by atoms with Crippen molar-refractivity contribution in [3.8, 4) is 0 Å². The molecule has 1 N–H and O–H groups in total. The van der Waals surface area contributed by atoms with E-state index in [1.807, 2.05) is 20.9 Å². The first-order chi connectivity index (χ1) is 6.65. The van der Waals surface area contributed by atoms with E-state index in [-0.39, 0.29) is 11.2 Å². The molecule has 0 aliphatic rings. The van der Waals surface area contributed by atoms with Crippen molar-refractivity contribution >= 4 is 17.7 Å². The molecule has 14 heavy (non-hydrogen) atoms. The van der Waals surface area contributed by atoms with Crippen LogP contribution in [0.1, 0.15) is 13.8 Å². The quantitative estimate of drug-likeness (QED) is 0.738. The summed E-state index contributed by atoms with van der Waals surface area (Å²) in [5.74, 6) is 0.0282. The van der Waals surface area contributed by atoms with Gasteiger partial charge in [-0.3, -0.25) is 4.79 Å². The molecule has 0 saturated heterocycles. The molecule has 0 aromatic carbocycles. The van der Waals surface area contributed by atoms with Gasteiger partial charge in [0.05, 0.1) is 5.25 Å². The molecule has 0 spiro atoms. The highest BCUT2D eigenvalue weighted by Crippen LogP contribution is 2.19. The van der Waals surface area contributed by atoms with Crippen molar-refractivity contribution in [1.82, 2.24) is 20.1 Å². The van der Waals surface area contributed by atoms with Crippen LogP contribution < -0.4 is 5.32 Å². The van der Waals surface area contributed by atoms with Crippen LogP contribution in [-0.4, -0.2) is 32.5 Å². The summed E-state index contributed by atoms with van der Waals surface area (Å²) in [6.45, 7) is 4.41. The van der Waals surface area contributed by atoms with Gasteiger partial charge in [0.2, 0.25) is 5.91 Å². The summed E-state index contributed by atoms with van der Waals surface area (Å²) in [7, 11) is 1.85. The molecule has 1 rings (SSSR count). The number of carbonyl (C=O) groups excluding carboxylic acids is 1. The normalized spacial score (nSPS) is 12.5. The number of aromatic nitrogens is 3. The van der Waals surface area contributed by atoms with Gasteiger partial charge in [-0.25, -0.2) is 0 Å². The third-order valence-corrected chi connectivity index (χ3v) is 2.82. The van der Waals surface area contributed by atoms with Gasteiger partial charge in [0.15, 0.2) is 5.16 Å². The number of nitrogens with one attached hydrogen (secondary N) is 1. The van der Waals surface area contributed by atoms with E-state index in [1.54, 1.807) is 10.9 Å². The van der Waals surface area contributed by atoms with Crippen molar-refractivity contribution in [1.29, 1.82) is 0 Å². The number of amides is 1. The van der Waals surface area contributed by atoms with E-state index in [2.05, 4.69) is 15.5 Å². The Morgan fingerprint density at radius 3 is 3.00 bits per heavy atom. The predicted octanol–water partition coefficient (Wildman–Crippen LogP) is 0.432. The molecule has 0 bridgehead atoms. The molecule has 6 heteroatoms. The Balaban J connectivity index is 2.52. The highest BCUT2D eigenvalue weighted by molar-refractivity contribution is 8.00. The first-order valence-corrected chi connectivity index (χ1v) is 5.31. The van der Waals surface area contributed by atoms with E-state index in [1.165, 1.54) is 11.8 Å². The van der Waals surface area contributed by atoms with Crippen molar-refractivity contribution in [3.05, 3.63) is 6.33 Å². The van der Waals surface area contributed by atoms with Crippen LogP contribution in [0.3, 0.4) is 0 Å². The Bertz CT molecular complexity index is 312. The molecule has 1 aromatic rings. The lowest BCUT2D eigenvalue weighted by molar-refractivity contribution is -0.120. The molecule has 0 fully saturated rings. The van der Waals surface area contributed by atoms with Crippen LogP contribution in [0.5, 0.6) is 0 Å². The van der Waals surface area contributed by atoms with Crippen LogP contribution in [0.4, 0.5) is 0 Å². The van der Waals surface area contributed by atoms with E-state index in [9.17, 15) is 4.79 Å². The second-order valence-corrected chi connectivity index (χ2v) is 4.19. The van der Waals surface area contributed by atoms with Crippen molar-refractivity contribution in [2.75, 3.05) is 6.54 Å². The first-order valence-electron chi connectivity index (χ1n) is 4.43. The highest BCUT2D eigenvalue weighted by atomic mass is 32.2. The second-order valence-electron chi connectivity index (χ2n) is 2.88. The number of aryl methyl sites for hydroxylation is 1. The fourth-order valence-corrected chi connectivity index (χ4v) is 1.72. The number of hydrogen-bond donors (Lipinski definition) is 1. The van der Waals surface area contributed by atoms with E-state index in [0.29, 0.717) is 6.54 Å². The summed E-state index contributed by atoms with van der Waals surface area (Å²) in [4.78, 5) is 11.4. The van der Waals surface area contributed by atoms with Gasteiger partial charge in [-0.05, 0) is 13.8 Å². The molecule has 1 aromatic heterocycles. The Morgan fingerprint density at radius 2 is 2.50 bits per heavy atom. The first kappa shape index (κ1) is 11.0. The number of nitrogens with zero attached hydrogens (tertiary/aromatic N) is 3. The maximum Gasteiger partial charge on any atom is 0.233 e. The minimum atomic E-state index is -0.141. The smallest absolute Gasteiger partial charge is 0.233 e. The molecule has 0 radical (unpaired) electrons. The van der Waals surface area contributed by atoms with Crippen molar-refractivity contribution in [2.45, 2.75) is 24.3 Å². The average Bonchev–Trinajstić information content (AvgIpc) is 2.52. The molecular formula is C8H14N4OS. The van der Waals surface area contributed by atoms with E-state index in [4.69, 9.17) is 0 Å². The summed E-state index contributed by atoms with van der Waals surface area (Å²) in [5.41, 5.74) is 0. The third kappa shape index (κ3) is 2.73. The summed E-state index contributed by atoms with van der Waals surface area (Å²) in [5, 5.41) is 11.0. The Hall–Kier alpha value is -1.04. The van der Waals surface area contributed by atoms with Gasteiger partial charge in [0, 0.05) is 13.6 Å². The molecule has 0 aliphatic carbocycles. The SMILES string of the molecule is CCNC(=O)[C@H](C)Sc1nncn1C. The van der Waals surface area contributed by atoms with Crippen molar-refractivity contribution < 1.29 is 4.79 Å². The van der Waals surface area contributed by atoms with Crippen LogP contribution in [0.25, 0.3) is 0 Å². The van der Waals surface area contributed by atoms with Gasteiger partial charge < -0.3 is 9.88 Å². The van der Waals surface area contributed by atoms with E-state index < -0.39 is 0 Å². The molecule has 1 heterocycles. The van der Waals surface area contributed by atoms with Crippen molar-refractivity contribution in [2.24, 2.45) is 7.05 Å². The van der Waals surface area contributed by atoms with Crippen LogP contribution in [-0.2, 0) is 11.8 Å². The summed E-state index contributed by atoms with van der Waals surface area (Å²) < 4.78 is 1.79. The van der Waals surface area contributed by atoms with Gasteiger partial charge in [-0.15, -0.1) is 10.2 Å². The monoisotopic (exact) mass is 214 g/mol. The Labute approximate surface area is 87.3 Å². The molecule has 0 aliphatic heterocycles. The standard InChI is InChI=1S/C8H14N4OS/c1-4-9-7(13)6(2)14-8-11-10-5-12(8)3/h5-6H,4H2,1-3H3,(H,9,13)/t6-/m0/s1. The zero-order valence-corrected chi connectivity index (χ0v) is 9.34. The Kier molecular flexibility index (Phi) is 3.94. The van der Waals surface area contributed by atoms with E-state index >= 15 is 0 Å². The minimum Gasteiger partial charge on any atom is -0.355 e. The fraction of sp³-hybridized carbons (Fsp3) is 0.625. The maximum absolute atomic E-state index is 11.4. The highest BCUT2D eigenvalue weighted by Gasteiger charge is 2.15. The minimum absolute atomic E-state index is 0.0282. The molecule has 1 amide bonds. The number of hydrogen-bond acceptors (Lipinski definition) is 4. The van der Waals surface area contributed by atoms with Gasteiger partial charge in [-0.1, -0.05) is 11.8 Å². The largest absolute Gasteiger partial charge is 0.355 e. The zero-order valence-electron chi connectivity index (χ0n) is 8.52. The fourth-order valence-electron chi connectivity index (χ4n) is 0.909. The van der Waals surface area contributed by atoms with Crippen LogP contribution in [0.15, 0.2) is 11.5 Å². The molecule has 1 atom stereocenters. The summed E-state index contributed by atoms with van der Waals surface area (Å²) in [6.07, 6.45) is 1.62. The molecule has 0 saturated carbocycles. The molecule has 78 valence electrons. The van der Waals surface area contributed by atoms with Gasteiger partial charge in [-0.2, -0.15) is 0 Å². The van der Waals surface area contributed by atoms with Crippen LogP contribution in [0.2, 0.25) is 0 Å². The van der Waals surface area contributed by atoms with Gasteiger partial charge >= 0.3 is 0 Å². The van der Waals surface area contributed by atoms with Gasteiger partial charge in [0.25, 0.3) is 0 Å². The summed E-state index contributed by atoms with van der Waals surface area (Å²) >= 11 is 1.40. The zero-order chi connectivity index (χ0) is 10.6. The van der Waals surface area contributed by atoms with E-state index in [0.717, 1.165) is 5.16 Å². The lowest BCUT2D eigenvalue weighted by Gasteiger charge is -2.09. The summed E-state index contributed by atoms with van der Waals surface area (Å²) in [6, 6.07) is 0. The molecular weight excluding hydrogens is 200 g/mol. The maximum atomic E-state index is 11.4. The predicted molar refractivity (Wildman–Crippen MR) is 55.0 cm³/mol. The van der Waals surface area contributed by atoms with Crippen LogP contribution >= 0.6 is 11.8 Å². The van der Waals surface area contributed by atoms with Crippen molar-refractivity contribution in [3.63, 3.8) is 0 Å². The van der Waals surface area contributed by atoms with Crippen LogP contribution in [0, 0.1) is 0 Å². The Morgan fingerprint density at radius 1 is 1.79 bits per heavy atom. The molecule has 5 nitrogen and oxygen atoms in total. The second kappa shape index (κ2) is 4.99. The third-order valence-electron chi connectivity index (χ3n) is 1.67. The lowest BCUT2D eigenvalue weighted by atomic mass is 10.4. The molecule has 0 unspecified atom stereocenters. The number of rotatable bonds is 4. The average molecular weight is 214 g/mol. The lowest BCUT2D eigenvalue weighted by Crippen LogP contribution is -2.30.